The lowest BCUT2D eigenvalue weighted by Crippen LogP contribution is -2.20. The van der Waals surface area contributed by atoms with Gasteiger partial charge in [0.05, 0.1) is 19.8 Å². The smallest absolute Gasteiger partial charge is 0.344 e. The molecule has 1 atom stereocenters. The maximum absolute atomic E-state index is 12.6. The number of carbonyl (C=O) groups is 3. The van der Waals surface area contributed by atoms with Crippen molar-refractivity contribution in [2.24, 2.45) is 0 Å². The van der Waals surface area contributed by atoms with Gasteiger partial charge in [-0.3, -0.25) is 9.59 Å². The van der Waals surface area contributed by atoms with E-state index in [1.807, 2.05) is 25.3 Å². The predicted molar refractivity (Wildman–Crippen MR) is 114 cm³/mol. The zero-order valence-electron chi connectivity index (χ0n) is 18.8. The summed E-state index contributed by atoms with van der Waals surface area (Å²) in [5.41, 5.74) is 2.71. The number of aromatic nitrogens is 1. The minimum atomic E-state index is -0.687. The van der Waals surface area contributed by atoms with E-state index in [1.165, 1.54) is 20.1 Å². The van der Waals surface area contributed by atoms with E-state index in [-0.39, 0.29) is 24.2 Å². The summed E-state index contributed by atoms with van der Waals surface area (Å²) in [6.45, 7) is 6.96. The molecule has 0 aliphatic carbocycles. The molecule has 1 heterocycles. The molecule has 0 aliphatic rings. The molecule has 0 saturated carbocycles. The Bertz CT molecular complexity index is 961. The van der Waals surface area contributed by atoms with Crippen LogP contribution in [0.1, 0.15) is 52.0 Å². The molecule has 0 amide bonds. The molecule has 0 saturated heterocycles. The van der Waals surface area contributed by atoms with Gasteiger partial charge in [-0.15, -0.1) is 0 Å². The topological polar surface area (TPSA) is 93.1 Å². The Morgan fingerprint density at radius 3 is 2.35 bits per heavy atom. The molecular weight excluding hydrogens is 402 g/mol. The van der Waals surface area contributed by atoms with Crippen molar-refractivity contribution in [2.45, 2.75) is 33.7 Å². The molecule has 31 heavy (non-hydrogen) atoms. The molecule has 0 spiro atoms. The molecular formula is C23H29NO7. The Balaban J connectivity index is 1.96. The summed E-state index contributed by atoms with van der Waals surface area (Å²) < 4.78 is 22.9. The summed E-state index contributed by atoms with van der Waals surface area (Å²) in [4.78, 5) is 36.1. The van der Waals surface area contributed by atoms with Gasteiger partial charge in [0.25, 0.3) is 0 Å². The van der Waals surface area contributed by atoms with Crippen molar-refractivity contribution in [3.8, 4) is 11.5 Å². The van der Waals surface area contributed by atoms with Crippen molar-refractivity contribution >= 4 is 17.5 Å². The SMILES string of the molecule is COCC(C)n1c(C)cc(C(=O)COC(=O)COc2ccc(C(C)=O)cc2OC)c1C. The van der Waals surface area contributed by atoms with Crippen molar-refractivity contribution in [1.29, 1.82) is 0 Å². The fourth-order valence-electron chi connectivity index (χ4n) is 3.46. The molecule has 0 N–H and O–H groups in total. The second-order valence-electron chi connectivity index (χ2n) is 7.25. The van der Waals surface area contributed by atoms with Crippen LogP contribution in [0.3, 0.4) is 0 Å². The number of nitrogens with zero attached hydrogens (tertiary/aromatic N) is 1. The van der Waals surface area contributed by atoms with Crippen LogP contribution in [0.2, 0.25) is 0 Å². The van der Waals surface area contributed by atoms with Crippen LogP contribution in [0.15, 0.2) is 24.3 Å². The first kappa shape index (κ1) is 24.1. The standard InChI is InChI=1S/C23H29NO7/c1-14-9-19(16(3)24(14)15(2)11-28-5)20(26)12-31-23(27)13-30-21-8-7-18(17(4)25)10-22(21)29-6/h7-10,15H,11-13H2,1-6H3. The summed E-state index contributed by atoms with van der Waals surface area (Å²) >= 11 is 0. The van der Waals surface area contributed by atoms with E-state index in [9.17, 15) is 14.4 Å². The van der Waals surface area contributed by atoms with Crippen molar-refractivity contribution in [2.75, 3.05) is 34.0 Å². The highest BCUT2D eigenvalue weighted by Gasteiger charge is 2.20. The fraction of sp³-hybridized carbons (Fsp3) is 0.435. The van der Waals surface area contributed by atoms with Crippen LogP contribution in [-0.2, 0) is 14.3 Å². The van der Waals surface area contributed by atoms with E-state index < -0.39 is 12.6 Å². The Morgan fingerprint density at radius 1 is 1.03 bits per heavy atom. The van der Waals surface area contributed by atoms with Crippen LogP contribution in [0.4, 0.5) is 0 Å². The number of aryl methyl sites for hydroxylation is 1. The number of rotatable bonds is 11. The molecule has 0 aliphatic heterocycles. The lowest BCUT2D eigenvalue weighted by molar-refractivity contribution is -0.144. The highest BCUT2D eigenvalue weighted by atomic mass is 16.6. The van der Waals surface area contributed by atoms with Gasteiger partial charge in [0, 0.05) is 29.6 Å². The maximum Gasteiger partial charge on any atom is 0.344 e. The van der Waals surface area contributed by atoms with Gasteiger partial charge in [-0.1, -0.05) is 0 Å². The number of esters is 1. The molecule has 0 bridgehead atoms. The van der Waals surface area contributed by atoms with Gasteiger partial charge in [0.1, 0.15) is 0 Å². The minimum absolute atomic E-state index is 0.0758. The van der Waals surface area contributed by atoms with Gasteiger partial charge < -0.3 is 23.5 Å². The van der Waals surface area contributed by atoms with Crippen LogP contribution in [0.5, 0.6) is 11.5 Å². The fourth-order valence-corrected chi connectivity index (χ4v) is 3.46. The van der Waals surface area contributed by atoms with Crippen molar-refractivity contribution < 1.29 is 33.3 Å². The van der Waals surface area contributed by atoms with E-state index >= 15 is 0 Å². The largest absolute Gasteiger partial charge is 0.493 e. The second-order valence-corrected chi connectivity index (χ2v) is 7.25. The molecule has 1 aromatic heterocycles. The third-order valence-corrected chi connectivity index (χ3v) is 4.91. The number of carbonyl (C=O) groups excluding carboxylic acids is 3. The van der Waals surface area contributed by atoms with E-state index in [0.29, 0.717) is 29.2 Å². The van der Waals surface area contributed by atoms with Crippen molar-refractivity contribution in [1.82, 2.24) is 4.57 Å². The molecule has 0 radical (unpaired) electrons. The minimum Gasteiger partial charge on any atom is -0.493 e. The highest BCUT2D eigenvalue weighted by molar-refractivity contribution is 5.99. The van der Waals surface area contributed by atoms with Gasteiger partial charge in [-0.25, -0.2) is 4.79 Å². The number of benzene rings is 1. The van der Waals surface area contributed by atoms with Gasteiger partial charge in [-0.05, 0) is 52.0 Å². The summed E-state index contributed by atoms with van der Waals surface area (Å²) in [5, 5.41) is 0. The van der Waals surface area contributed by atoms with E-state index in [0.717, 1.165) is 11.4 Å². The Labute approximate surface area is 182 Å². The van der Waals surface area contributed by atoms with Crippen molar-refractivity contribution in [3.05, 3.63) is 46.8 Å². The van der Waals surface area contributed by atoms with Crippen LogP contribution in [0, 0.1) is 13.8 Å². The average molecular weight is 431 g/mol. The van der Waals surface area contributed by atoms with Crippen LogP contribution in [-0.4, -0.2) is 56.1 Å². The monoisotopic (exact) mass is 431 g/mol. The van der Waals surface area contributed by atoms with E-state index in [2.05, 4.69) is 0 Å². The van der Waals surface area contributed by atoms with Gasteiger partial charge >= 0.3 is 5.97 Å². The molecule has 2 rings (SSSR count). The van der Waals surface area contributed by atoms with Crippen LogP contribution in [0.25, 0.3) is 0 Å². The van der Waals surface area contributed by atoms with Crippen LogP contribution < -0.4 is 9.47 Å². The Morgan fingerprint density at radius 2 is 1.74 bits per heavy atom. The second kappa shape index (κ2) is 10.8. The summed E-state index contributed by atoms with van der Waals surface area (Å²) in [5.74, 6) is -0.465. The molecule has 1 aromatic carbocycles. The third kappa shape index (κ3) is 5.95. The van der Waals surface area contributed by atoms with E-state index in [1.54, 1.807) is 25.3 Å². The van der Waals surface area contributed by atoms with Crippen molar-refractivity contribution in [3.63, 3.8) is 0 Å². The zero-order valence-corrected chi connectivity index (χ0v) is 18.8. The molecule has 2 aromatic rings. The Kier molecular flexibility index (Phi) is 8.38. The number of hydrogen-bond acceptors (Lipinski definition) is 7. The number of hydrogen-bond donors (Lipinski definition) is 0. The van der Waals surface area contributed by atoms with Crippen LogP contribution >= 0.6 is 0 Å². The first-order chi connectivity index (χ1) is 14.7. The van der Waals surface area contributed by atoms with Gasteiger partial charge in [0.15, 0.2) is 30.5 Å². The number of ketones is 2. The normalized spacial score (nSPS) is 11.7. The summed E-state index contributed by atoms with van der Waals surface area (Å²) in [6.07, 6.45) is 0. The predicted octanol–water partition coefficient (Wildman–Crippen LogP) is 3.33. The third-order valence-electron chi connectivity index (χ3n) is 4.91. The molecule has 8 nitrogen and oxygen atoms in total. The summed E-state index contributed by atoms with van der Waals surface area (Å²) in [7, 11) is 3.07. The molecule has 0 fully saturated rings. The average Bonchev–Trinajstić information content (AvgIpc) is 3.04. The molecule has 1 unspecified atom stereocenters. The lowest BCUT2D eigenvalue weighted by Gasteiger charge is -2.17. The first-order valence-corrected chi connectivity index (χ1v) is 9.87. The Hall–Kier alpha value is -3.13. The molecule has 8 heteroatoms. The first-order valence-electron chi connectivity index (χ1n) is 9.87. The van der Waals surface area contributed by atoms with Gasteiger partial charge in [-0.2, -0.15) is 0 Å². The number of ether oxygens (including phenoxy) is 4. The molecule has 168 valence electrons. The highest BCUT2D eigenvalue weighted by Crippen LogP contribution is 2.28. The maximum atomic E-state index is 12.6. The van der Waals surface area contributed by atoms with E-state index in [4.69, 9.17) is 18.9 Å². The summed E-state index contributed by atoms with van der Waals surface area (Å²) in [6, 6.07) is 6.52. The number of Topliss-reactive ketones (excluding diaryl/α,β-unsaturated/α-hetero) is 2. The van der Waals surface area contributed by atoms with Gasteiger partial charge in [0.2, 0.25) is 5.78 Å². The lowest BCUT2D eigenvalue weighted by atomic mass is 10.1. The quantitative estimate of drug-likeness (QED) is 0.398. The zero-order chi connectivity index (χ0) is 23.1. The number of methoxy groups -OCH3 is 2.